The summed E-state index contributed by atoms with van der Waals surface area (Å²) < 4.78 is 2.82. The van der Waals surface area contributed by atoms with Gasteiger partial charge < -0.3 is 9.80 Å². The maximum atomic E-state index is 13.2. The van der Waals surface area contributed by atoms with Gasteiger partial charge in [-0.25, -0.2) is 18.9 Å². The number of carbonyl (C=O) groups excluding carboxylic acids is 1. The van der Waals surface area contributed by atoms with Crippen LogP contribution in [0.2, 0.25) is 0 Å². The molecule has 1 aromatic carbocycles. The lowest BCUT2D eigenvalue weighted by atomic mass is 10.0. The van der Waals surface area contributed by atoms with Gasteiger partial charge in [-0.2, -0.15) is 0 Å². The molecule has 3 heterocycles. The summed E-state index contributed by atoms with van der Waals surface area (Å²) in [6.07, 6.45) is 2.67. The predicted molar refractivity (Wildman–Crippen MR) is 120 cm³/mol. The molecule has 0 saturated carbocycles. The number of anilines is 1. The van der Waals surface area contributed by atoms with Crippen molar-refractivity contribution in [1.82, 2.24) is 24.1 Å². The van der Waals surface area contributed by atoms with Gasteiger partial charge in [0.05, 0.1) is 0 Å². The molecular weight excluding hydrogens is 392 g/mol. The van der Waals surface area contributed by atoms with Gasteiger partial charge in [0, 0.05) is 37.9 Å². The van der Waals surface area contributed by atoms with Crippen LogP contribution in [-0.2, 0) is 24.3 Å². The Balaban J connectivity index is 1.68. The molecule has 1 aliphatic heterocycles. The van der Waals surface area contributed by atoms with Gasteiger partial charge in [0.15, 0.2) is 5.65 Å². The van der Waals surface area contributed by atoms with Crippen molar-refractivity contribution in [2.45, 2.75) is 53.1 Å². The summed E-state index contributed by atoms with van der Waals surface area (Å²) in [5, 5.41) is 4.47. The maximum absolute atomic E-state index is 13.2. The molecule has 0 N–H and O–H groups in total. The number of benzene rings is 1. The number of amides is 1. The van der Waals surface area contributed by atoms with E-state index in [0.29, 0.717) is 31.2 Å². The van der Waals surface area contributed by atoms with Gasteiger partial charge in [0.2, 0.25) is 11.9 Å². The fourth-order valence-electron chi connectivity index (χ4n) is 4.24. The van der Waals surface area contributed by atoms with Crippen LogP contribution >= 0.6 is 0 Å². The minimum Gasteiger partial charge on any atom is -0.341 e. The molecule has 0 fully saturated rings. The Hall–Kier alpha value is -3.16. The van der Waals surface area contributed by atoms with E-state index in [9.17, 15) is 9.59 Å². The van der Waals surface area contributed by atoms with Crippen molar-refractivity contribution in [3.05, 3.63) is 57.6 Å². The number of carbonyl (C=O) groups is 1. The molecule has 0 bridgehead atoms. The molecule has 0 spiro atoms. The lowest BCUT2D eigenvalue weighted by Crippen LogP contribution is -2.38. The summed E-state index contributed by atoms with van der Waals surface area (Å²) >= 11 is 0. The van der Waals surface area contributed by atoms with Crippen molar-refractivity contribution < 1.29 is 4.79 Å². The summed E-state index contributed by atoms with van der Waals surface area (Å²) in [5.74, 6) is 0.513. The van der Waals surface area contributed by atoms with E-state index in [1.165, 1.54) is 20.2 Å². The fraction of sp³-hybridized carbons (Fsp3) is 0.478. The molecule has 8 nitrogen and oxygen atoms in total. The van der Waals surface area contributed by atoms with Crippen molar-refractivity contribution in [2.75, 3.05) is 24.5 Å². The van der Waals surface area contributed by atoms with E-state index < -0.39 is 0 Å². The molecule has 2 aromatic heterocycles. The highest BCUT2D eigenvalue weighted by molar-refractivity contribution is 5.76. The molecule has 8 heteroatoms. The number of aromatic nitrogens is 4. The molecular formula is C23H30N6O2. The van der Waals surface area contributed by atoms with Crippen molar-refractivity contribution in [3.63, 3.8) is 0 Å². The zero-order valence-electron chi connectivity index (χ0n) is 18.5. The van der Waals surface area contributed by atoms with Crippen molar-refractivity contribution in [3.8, 4) is 0 Å². The molecule has 4 rings (SSSR count). The average Bonchev–Trinajstić information content (AvgIpc) is 3.07. The lowest BCUT2D eigenvalue weighted by Gasteiger charge is -2.29. The first-order chi connectivity index (χ1) is 15.0. The Labute approximate surface area is 182 Å². The van der Waals surface area contributed by atoms with Crippen LogP contribution < -0.4 is 10.6 Å². The van der Waals surface area contributed by atoms with Crippen LogP contribution in [0.3, 0.4) is 0 Å². The third-order valence-corrected chi connectivity index (χ3v) is 5.72. The third kappa shape index (κ3) is 4.19. The average molecular weight is 423 g/mol. The Kier molecular flexibility index (Phi) is 6.06. The summed E-state index contributed by atoms with van der Waals surface area (Å²) in [4.78, 5) is 34.7. The van der Waals surface area contributed by atoms with E-state index in [1.807, 2.05) is 31.7 Å². The zero-order chi connectivity index (χ0) is 22.0. The monoisotopic (exact) mass is 422 g/mol. The first kappa shape index (κ1) is 21.1. The predicted octanol–water partition coefficient (Wildman–Crippen LogP) is 2.41. The first-order valence-corrected chi connectivity index (χ1v) is 11.1. The summed E-state index contributed by atoms with van der Waals surface area (Å²) in [6.45, 7) is 8.79. The largest absolute Gasteiger partial charge is 0.353 e. The first-order valence-electron chi connectivity index (χ1n) is 11.1. The molecule has 0 unspecified atom stereocenters. The smallest absolute Gasteiger partial charge is 0.341 e. The molecule has 0 radical (unpaired) electrons. The van der Waals surface area contributed by atoms with E-state index in [4.69, 9.17) is 0 Å². The third-order valence-electron chi connectivity index (χ3n) is 5.72. The molecule has 0 aliphatic carbocycles. The standard InChI is InChI=1S/C23H30N6O2/c1-4-11-26(12-5-2)21(30)16-28-23(31)29-20(25-28)14-17(3)24-22(29)27-13-10-18-8-6-7-9-19(18)15-27/h6-9,14H,4-5,10-13,15-16H2,1-3H3. The Morgan fingerprint density at radius 1 is 1.13 bits per heavy atom. The van der Waals surface area contributed by atoms with E-state index in [1.54, 1.807) is 6.07 Å². The van der Waals surface area contributed by atoms with Crippen LogP contribution in [0.25, 0.3) is 5.65 Å². The molecule has 31 heavy (non-hydrogen) atoms. The summed E-state index contributed by atoms with van der Waals surface area (Å²) in [7, 11) is 0. The van der Waals surface area contributed by atoms with E-state index in [2.05, 4.69) is 33.2 Å². The van der Waals surface area contributed by atoms with Gasteiger partial charge in [-0.3, -0.25) is 4.79 Å². The number of hydrogen-bond acceptors (Lipinski definition) is 5. The maximum Gasteiger partial charge on any atom is 0.353 e. The highest BCUT2D eigenvalue weighted by Crippen LogP contribution is 2.23. The second kappa shape index (κ2) is 8.91. The Morgan fingerprint density at radius 3 is 2.55 bits per heavy atom. The van der Waals surface area contributed by atoms with E-state index in [0.717, 1.165) is 31.5 Å². The minimum atomic E-state index is -0.322. The van der Waals surface area contributed by atoms with Gasteiger partial charge >= 0.3 is 5.69 Å². The topological polar surface area (TPSA) is 75.7 Å². The number of nitrogens with zero attached hydrogens (tertiary/aromatic N) is 6. The van der Waals surface area contributed by atoms with Crippen LogP contribution in [0.1, 0.15) is 43.5 Å². The molecule has 1 aliphatic rings. The summed E-state index contributed by atoms with van der Waals surface area (Å²) in [6, 6.07) is 10.2. The van der Waals surface area contributed by atoms with Gasteiger partial charge in [-0.1, -0.05) is 38.1 Å². The van der Waals surface area contributed by atoms with Crippen LogP contribution in [0.5, 0.6) is 0 Å². The van der Waals surface area contributed by atoms with Crippen LogP contribution in [0.4, 0.5) is 5.95 Å². The molecule has 3 aromatic rings. The second-order valence-corrected chi connectivity index (χ2v) is 8.15. The highest BCUT2D eigenvalue weighted by atomic mass is 16.2. The quantitative estimate of drug-likeness (QED) is 0.585. The van der Waals surface area contributed by atoms with Crippen molar-refractivity contribution in [1.29, 1.82) is 0 Å². The normalized spacial score (nSPS) is 13.5. The Bertz CT molecular complexity index is 1140. The van der Waals surface area contributed by atoms with Crippen LogP contribution in [0.15, 0.2) is 35.1 Å². The molecule has 0 saturated heterocycles. The highest BCUT2D eigenvalue weighted by Gasteiger charge is 2.23. The van der Waals surface area contributed by atoms with Gasteiger partial charge in [0.25, 0.3) is 0 Å². The van der Waals surface area contributed by atoms with Crippen LogP contribution in [-0.4, -0.2) is 49.6 Å². The summed E-state index contributed by atoms with van der Waals surface area (Å²) in [5.41, 5.74) is 3.58. The van der Waals surface area contributed by atoms with Crippen LogP contribution in [0, 0.1) is 6.92 Å². The second-order valence-electron chi connectivity index (χ2n) is 8.15. The van der Waals surface area contributed by atoms with Gasteiger partial charge in [-0.15, -0.1) is 5.10 Å². The number of hydrogen-bond donors (Lipinski definition) is 0. The lowest BCUT2D eigenvalue weighted by molar-refractivity contribution is -0.132. The van der Waals surface area contributed by atoms with Gasteiger partial charge in [0.1, 0.15) is 6.54 Å². The minimum absolute atomic E-state index is 0.0537. The van der Waals surface area contributed by atoms with E-state index >= 15 is 0 Å². The number of fused-ring (bicyclic) bond motifs is 2. The number of rotatable bonds is 7. The SMILES string of the molecule is CCCN(CCC)C(=O)Cn1nc2cc(C)nc(N3CCc4ccccc4C3)n2c1=O. The Morgan fingerprint density at radius 2 is 1.84 bits per heavy atom. The zero-order valence-corrected chi connectivity index (χ0v) is 18.5. The van der Waals surface area contributed by atoms with Crippen molar-refractivity contribution in [2.24, 2.45) is 0 Å². The molecule has 164 valence electrons. The number of aryl methyl sites for hydroxylation is 1. The molecule has 1 amide bonds. The van der Waals surface area contributed by atoms with Crippen molar-refractivity contribution >= 4 is 17.5 Å². The van der Waals surface area contributed by atoms with Gasteiger partial charge in [-0.05, 0) is 37.3 Å². The van der Waals surface area contributed by atoms with E-state index in [-0.39, 0.29) is 18.1 Å². The fourth-order valence-corrected chi connectivity index (χ4v) is 4.24. The molecule has 0 atom stereocenters.